The van der Waals surface area contributed by atoms with Crippen LogP contribution in [0.2, 0.25) is 0 Å². The van der Waals surface area contributed by atoms with Crippen LogP contribution in [-0.4, -0.2) is 44.9 Å². The smallest absolute Gasteiger partial charge is 0.253 e. The Kier molecular flexibility index (Phi) is 3.92. The first-order chi connectivity index (χ1) is 10.3. The van der Waals surface area contributed by atoms with Crippen molar-refractivity contribution < 1.29 is 9.53 Å². The lowest BCUT2D eigenvalue weighted by Gasteiger charge is -2.20. The molecule has 2 atom stereocenters. The maximum Gasteiger partial charge on any atom is 0.253 e. The number of hydrogen-bond acceptors (Lipinski definition) is 5. The molecule has 1 saturated heterocycles. The molecular formula is C14H17N5O2. The molecule has 3 rings (SSSR count). The zero-order valence-corrected chi connectivity index (χ0v) is 11.8. The number of rotatable bonds is 4. The second kappa shape index (κ2) is 6.01. The fourth-order valence-corrected chi connectivity index (χ4v) is 2.51. The monoisotopic (exact) mass is 287 g/mol. The minimum absolute atomic E-state index is 0.0260. The highest BCUT2D eigenvalue weighted by atomic mass is 16.5. The Morgan fingerprint density at radius 1 is 1.48 bits per heavy atom. The van der Waals surface area contributed by atoms with Crippen molar-refractivity contribution in [2.45, 2.75) is 31.9 Å². The summed E-state index contributed by atoms with van der Waals surface area (Å²) in [6, 6.07) is 7.20. The van der Waals surface area contributed by atoms with Crippen molar-refractivity contribution in [1.29, 1.82) is 0 Å². The van der Waals surface area contributed by atoms with Crippen LogP contribution in [0.3, 0.4) is 0 Å². The lowest BCUT2D eigenvalue weighted by molar-refractivity contribution is 0.0712. The van der Waals surface area contributed by atoms with E-state index >= 15 is 0 Å². The van der Waals surface area contributed by atoms with Gasteiger partial charge in [-0.05, 0) is 42.3 Å². The van der Waals surface area contributed by atoms with Gasteiger partial charge in [0, 0.05) is 6.61 Å². The third-order valence-corrected chi connectivity index (χ3v) is 3.63. The first kappa shape index (κ1) is 13.7. The molecule has 7 nitrogen and oxygen atoms in total. The van der Waals surface area contributed by atoms with Gasteiger partial charge in [0.2, 0.25) is 0 Å². The molecule has 0 spiro atoms. The Hall–Kier alpha value is -2.28. The number of nitrogens with zero attached hydrogens (tertiary/aromatic N) is 4. The van der Waals surface area contributed by atoms with E-state index in [1.54, 1.807) is 6.07 Å². The third kappa shape index (κ3) is 2.92. The molecule has 0 unspecified atom stereocenters. The molecule has 0 bridgehead atoms. The summed E-state index contributed by atoms with van der Waals surface area (Å²) in [6.07, 6.45) is 3.59. The van der Waals surface area contributed by atoms with Crippen LogP contribution in [0.25, 0.3) is 5.69 Å². The van der Waals surface area contributed by atoms with Crippen LogP contribution in [0.1, 0.15) is 30.1 Å². The number of carbonyl (C=O) groups excluding carboxylic acids is 1. The molecule has 7 heteroatoms. The van der Waals surface area contributed by atoms with Gasteiger partial charge in [-0.1, -0.05) is 12.1 Å². The fraction of sp³-hybridized carbons (Fsp3) is 0.429. The van der Waals surface area contributed by atoms with Crippen molar-refractivity contribution in [3.63, 3.8) is 0 Å². The topological polar surface area (TPSA) is 81.9 Å². The second-order valence-electron chi connectivity index (χ2n) is 5.09. The van der Waals surface area contributed by atoms with E-state index in [4.69, 9.17) is 4.74 Å². The van der Waals surface area contributed by atoms with Gasteiger partial charge in [-0.2, -0.15) is 4.68 Å². The Bertz CT molecular complexity index is 608. The zero-order chi connectivity index (χ0) is 14.7. The molecule has 0 aliphatic carbocycles. The first-order valence-electron chi connectivity index (χ1n) is 7.00. The van der Waals surface area contributed by atoms with Crippen molar-refractivity contribution in [2.75, 3.05) is 6.61 Å². The summed E-state index contributed by atoms with van der Waals surface area (Å²) in [7, 11) is 0. The minimum atomic E-state index is -0.149. The van der Waals surface area contributed by atoms with E-state index in [0.717, 1.165) is 19.4 Å². The third-order valence-electron chi connectivity index (χ3n) is 3.63. The standard InChI is InChI=1S/C14H17N5O2/c1-10(13-7-4-8-21-13)16-14(20)11-5-2-3-6-12(11)19-9-15-17-18-19/h2-3,5-6,9-10,13H,4,7-8H2,1H3,(H,16,20)/t10-,13-/m0/s1. The van der Waals surface area contributed by atoms with E-state index in [1.807, 2.05) is 25.1 Å². The highest BCUT2D eigenvalue weighted by Gasteiger charge is 2.24. The normalized spacial score (nSPS) is 19.4. The quantitative estimate of drug-likeness (QED) is 0.905. The van der Waals surface area contributed by atoms with Gasteiger partial charge < -0.3 is 10.1 Å². The van der Waals surface area contributed by atoms with Gasteiger partial charge in [-0.25, -0.2) is 0 Å². The van der Waals surface area contributed by atoms with Gasteiger partial charge in [0.05, 0.1) is 23.4 Å². The molecule has 0 radical (unpaired) electrons. The summed E-state index contributed by atoms with van der Waals surface area (Å²) in [6.45, 7) is 2.74. The van der Waals surface area contributed by atoms with Crippen LogP contribution >= 0.6 is 0 Å². The zero-order valence-electron chi connectivity index (χ0n) is 11.8. The number of amides is 1. The fourth-order valence-electron chi connectivity index (χ4n) is 2.51. The number of carbonyl (C=O) groups is 1. The number of ether oxygens (including phenoxy) is 1. The van der Waals surface area contributed by atoms with Gasteiger partial charge in [-0.3, -0.25) is 4.79 Å². The maximum absolute atomic E-state index is 12.5. The van der Waals surface area contributed by atoms with E-state index in [9.17, 15) is 4.79 Å². The van der Waals surface area contributed by atoms with Crippen LogP contribution in [0, 0.1) is 0 Å². The Labute approximate surface area is 122 Å². The van der Waals surface area contributed by atoms with Crippen molar-refractivity contribution >= 4 is 5.91 Å². The summed E-state index contributed by atoms with van der Waals surface area (Å²) in [5.41, 5.74) is 1.19. The van der Waals surface area contributed by atoms with Crippen molar-refractivity contribution in [1.82, 2.24) is 25.5 Å². The number of para-hydroxylation sites is 1. The van der Waals surface area contributed by atoms with Crippen molar-refractivity contribution in [3.8, 4) is 5.69 Å². The van der Waals surface area contributed by atoms with Gasteiger partial charge in [-0.15, -0.1) is 5.10 Å². The van der Waals surface area contributed by atoms with Crippen LogP contribution in [0.15, 0.2) is 30.6 Å². The average Bonchev–Trinajstić information content (AvgIpc) is 3.20. The van der Waals surface area contributed by atoms with E-state index in [2.05, 4.69) is 20.8 Å². The predicted molar refractivity (Wildman–Crippen MR) is 75.1 cm³/mol. The largest absolute Gasteiger partial charge is 0.376 e. The average molecular weight is 287 g/mol. The lowest BCUT2D eigenvalue weighted by Crippen LogP contribution is -2.41. The highest BCUT2D eigenvalue weighted by Crippen LogP contribution is 2.17. The number of benzene rings is 1. The van der Waals surface area contributed by atoms with Crippen LogP contribution in [0.5, 0.6) is 0 Å². The summed E-state index contributed by atoms with van der Waals surface area (Å²) in [5, 5.41) is 14.0. The SMILES string of the molecule is C[C@H](NC(=O)c1ccccc1-n1cnnn1)[C@@H]1CCCO1. The molecule has 21 heavy (non-hydrogen) atoms. The molecule has 1 N–H and O–H groups in total. The summed E-state index contributed by atoms with van der Waals surface area (Å²) in [5.74, 6) is -0.149. The Balaban J connectivity index is 1.78. The molecule has 1 aromatic heterocycles. The molecule has 110 valence electrons. The number of hydrogen-bond donors (Lipinski definition) is 1. The Morgan fingerprint density at radius 3 is 3.05 bits per heavy atom. The van der Waals surface area contributed by atoms with Gasteiger partial charge in [0.25, 0.3) is 5.91 Å². The van der Waals surface area contributed by atoms with E-state index in [0.29, 0.717) is 11.3 Å². The predicted octanol–water partition coefficient (Wildman–Crippen LogP) is 0.960. The van der Waals surface area contributed by atoms with E-state index in [-0.39, 0.29) is 18.1 Å². The summed E-state index contributed by atoms with van der Waals surface area (Å²) in [4.78, 5) is 12.5. The molecule has 1 aliphatic rings. The first-order valence-corrected chi connectivity index (χ1v) is 7.00. The maximum atomic E-state index is 12.5. The number of nitrogens with one attached hydrogen (secondary N) is 1. The van der Waals surface area contributed by atoms with E-state index in [1.165, 1.54) is 11.0 Å². The lowest BCUT2D eigenvalue weighted by atomic mass is 10.1. The van der Waals surface area contributed by atoms with Crippen LogP contribution < -0.4 is 5.32 Å². The molecule has 1 fully saturated rings. The molecule has 1 amide bonds. The molecule has 2 heterocycles. The number of tetrazole rings is 1. The Morgan fingerprint density at radius 2 is 2.33 bits per heavy atom. The molecular weight excluding hydrogens is 270 g/mol. The van der Waals surface area contributed by atoms with Crippen molar-refractivity contribution in [2.24, 2.45) is 0 Å². The van der Waals surface area contributed by atoms with E-state index < -0.39 is 0 Å². The van der Waals surface area contributed by atoms with Gasteiger partial charge in [0.1, 0.15) is 6.33 Å². The number of aromatic nitrogens is 4. The van der Waals surface area contributed by atoms with Gasteiger partial charge in [0.15, 0.2) is 0 Å². The second-order valence-corrected chi connectivity index (χ2v) is 5.09. The summed E-state index contributed by atoms with van der Waals surface area (Å²) >= 11 is 0. The molecule has 0 saturated carbocycles. The highest BCUT2D eigenvalue weighted by molar-refractivity contribution is 5.97. The van der Waals surface area contributed by atoms with Gasteiger partial charge >= 0.3 is 0 Å². The molecule has 2 aromatic rings. The van der Waals surface area contributed by atoms with Crippen LogP contribution in [-0.2, 0) is 4.74 Å². The minimum Gasteiger partial charge on any atom is -0.376 e. The van der Waals surface area contributed by atoms with Crippen molar-refractivity contribution in [3.05, 3.63) is 36.2 Å². The molecule has 1 aromatic carbocycles. The molecule has 1 aliphatic heterocycles. The van der Waals surface area contributed by atoms with Crippen LogP contribution in [0.4, 0.5) is 0 Å². The summed E-state index contributed by atoms with van der Waals surface area (Å²) < 4.78 is 7.08.